The lowest BCUT2D eigenvalue weighted by Crippen LogP contribution is -2.34. The van der Waals surface area contributed by atoms with Crippen molar-refractivity contribution in [2.45, 2.75) is 103 Å². The Kier molecular flexibility index (Phi) is 12.1. The number of ether oxygens (including phenoxy) is 1. The van der Waals surface area contributed by atoms with Gasteiger partial charge in [-0.25, -0.2) is 4.79 Å². The molecule has 138 valence electrons. The molecule has 0 aromatic heterocycles. The second-order valence-corrected chi connectivity index (χ2v) is 6.78. The standard InChI is InChI=1S/C20H35NO3/c1-2-3-4-5-6-7-8-9-10-11-12-13-14-15-18(22)21-19-16-17-20(23)24-19/h16-17,19H,2-15H2,1H3,(H,21,22). The largest absolute Gasteiger partial charge is 0.435 e. The highest BCUT2D eigenvalue weighted by Crippen LogP contribution is 2.13. The van der Waals surface area contributed by atoms with Gasteiger partial charge in [0.25, 0.3) is 0 Å². The molecule has 0 aromatic rings. The summed E-state index contributed by atoms with van der Waals surface area (Å²) in [4.78, 5) is 22.5. The first-order valence-electron chi connectivity index (χ1n) is 9.90. The van der Waals surface area contributed by atoms with Crippen molar-refractivity contribution in [1.29, 1.82) is 0 Å². The zero-order valence-electron chi connectivity index (χ0n) is 15.4. The third-order valence-corrected chi connectivity index (χ3v) is 4.46. The topological polar surface area (TPSA) is 55.4 Å². The molecule has 0 fully saturated rings. The molecule has 1 atom stereocenters. The molecule has 24 heavy (non-hydrogen) atoms. The zero-order valence-corrected chi connectivity index (χ0v) is 15.4. The Labute approximate surface area is 147 Å². The third kappa shape index (κ3) is 11.3. The molecule has 1 amide bonds. The van der Waals surface area contributed by atoms with Crippen LogP contribution in [-0.2, 0) is 14.3 Å². The van der Waals surface area contributed by atoms with E-state index in [1.807, 2.05) is 0 Å². The fourth-order valence-electron chi connectivity index (χ4n) is 2.98. The number of hydrogen-bond acceptors (Lipinski definition) is 3. The van der Waals surface area contributed by atoms with Crippen molar-refractivity contribution < 1.29 is 14.3 Å². The summed E-state index contributed by atoms with van der Waals surface area (Å²) in [5.74, 6) is -0.427. The van der Waals surface area contributed by atoms with Gasteiger partial charge in [0, 0.05) is 12.5 Å². The summed E-state index contributed by atoms with van der Waals surface area (Å²) in [5.41, 5.74) is 0. The number of rotatable bonds is 15. The number of hydrogen-bond donors (Lipinski definition) is 1. The van der Waals surface area contributed by atoms with Gasteiger partial charge in [0.05, 0.1) is 0 Å². The minimum absolute atomic E-state index is 0.0394. The van der Waals surface area contributed by atoms with Gasteiger partial charge in [0.2, 0.25) is 5.91 Å². The summed E-state index contributed by atoms with van der Waals surface area (Å²) in [6.07, 6.45) is 19.8. The number of amides is 1. The second kappa shape index (κ2) is 14.1. The molecule has 0 aliphatic carbocycles. The monoisotopic (exact) mass is 337 g/mol. The van der Waals surface area contributed by atoms with Crippen LogP contribution in [-0.4, -0.2) is 18.1 Å². The molecule has 0 aromatic carbocycles. The molecule has 0 bridgehead atoms. The Morgan fingerprint density at radius 3 is 1.88 bits per heavy atom. The average molecular weight is 338 g/mol. The van der Waals surface area contributed by atoms with Crippen LogP contribution in [0.1, 0.15) is 96.8 Å². The van der Waals surface area contributed by atoms with Crippen LogP contribution in [0.3, 0.4) is 0 Å². The summed E-state index contributed by atoms with van der Waals surface area (Å²) in [6, 6.07) is 0. The minimum Gasteiger partial charge on any atom is -0.435 e. The van der Waals surface area contributed by atoms with Gasteiger partial charge in [-0.15, -0.1) is 0 Å². The van der Waals surface area contributed by atoms with E-state index in [-0.39, 0.29) is 11.9 Å². The van der Waals surface area contributed by atoms with E-state index >= 15 is 0 Å². The van der Waals surface area contributed by atoms with Crippen molar-refractivity contribution in [3.63, 3.8) is 0 Å². The first-order chi connectivity index (χ1) is 11.7. The van der Waals surface area contributed by atoms with Crippen molar-refractivity contribution in [3.05, 3.63) is 12.2 Å². The van der Waals surface area contributed by atoms with Crippen LogP contribution in [0.25, 0.3) is 0 Å². The Balaban J connectivity index is 1.78. The smallest absolute Gasteiger partial charge is 0.332 e. The number of cyclic esters (lactones) is 1. The van der Waals surface area contributed by atoms with E-state index in [4.69, 9.17) is 4.74 Å². The fraction of sp³-hybridized carbons (Fsp3) is 0.800. The molecule has 4 nitrogen and oxygen atoms in total. The number of esters is 1. The molecule has 1 unspecified atom stereocenters. The maximum atomic E-state index is 11.7. The maximum Gasteiger partial charge on any atom is 0.332 e. The van der Waals surface area contributed by atoms with E-state index < -0.39 is 6.23 Å². The van der Waals surface area contributed by atoms with Gasteiger partial charge in [-0.2, -0.15) is 0 Å². The summed E-state index contributed by atoms with van der Waals surface area (Å²) >= 11 is 0. The normalized spacial score (nSPS) is 16.4. The van der Waals surface area contributed by atoms with Gasteiger partial charge >= 0.3 is 5.97 Å². The molecular weight excluding hydrogens is 302 g/mol. The predicted octanol–water partition coefficient (Wildman–Crippen LogP) is 5.02. The van der Waals surface area contributed by atoms with E-state index in [2.05, 4.69) is 12.2 Å². The van der Waals surface area contributed by atoms with Gasteiger partial charge in [-0.1, -0.05) is 84.0 Å². The van der Waals surface area contributed by atoms with Gasteiger partial charge in [0.1, 0.15) is 0 Å². The van der Waals surface area contributed by atoms with Crippen molar-refractivity contribution >= 4 is 11.9 Å². The Bertz CT molecular complexity index is 379. The first kappa shape index (κ1) is 20.7. The average Bonchev–Trinajstić information content (AvgIpc) is 2.96. The molecule has 0 saturated heterocycles. The van der Waals surface area contributed by atoms with Crippen molar-refractivity contribution in [2.75, 3.05) is 0 Å². The van der Waals surface area contributed by atoms with Gasteiger partial charge in [-0.3, -0.25) is 4.79 Å². The van der Waals surface area contributed by atoms with Crippen LogP contribution >= 0.6 is 0 Å². The van der Waals surface area contributed by atoms with Crippen molar-refractivity contribution in [1.82, 2.24) is 5.32 Å². The lowest BCUT2D eigenvalue weighted by Gasteiger charge is -2.10. The number of nitrogens with one attached hydrogen (secondary N) is 1. The summed E-state index contributed by atoms with van der Waals surface area (Å²) in [6.45, 7) is 2.26. The Morgan fingerprint density at radius 2 is 1.42 bits per heavy atom. The highest BCUT2D eigenvalue weighted by molar-refractivity contribution is 5.85. The highest BCUT2D eigenvalue weighted by Gasteiger charge is 2.17. The second-order valence-electron chi connectivity index (χ2n) is 6.78. The number of unbranched alkanes of at least 4 members (excludes halogenated alkanes) is 12. The van der Waals surface area contributed by atoms with Crippen LogP contribution in [0.4, 0.5) is 0 Å². The number of carbonyl (C=O) groups excluding carboxylic acids is 2. The zero-order chi connectivity index (χ0) is 17.5. The van der Waals surface area contributed by atoms with Crippen molar-refractivity contribution in [2.24, 2.45) is 0 Å². The maximum absolute atomic E-state index is 11.7. The quantitative estimate of drug-likeness (QED) is 0.337. The molecule has 1 aliphatic rings. The van der Waals surface area contributed by atoms with E-state index in [1.165, 1.54) is 76.7 Å². The fourth-order valence-corrected chi connectivity index (χ4v) is 2.98. The van der Waals surface area contributed by atoms with Crippen LogP contribution in [0, 0.1) is 0 Å². The molecule has 1 aliphatic heterocycles. The van der Waals surface area contributed by atoms with Gasteiger partial charge in [0.15, 0.2) is 6.23 Å². The first-order valence-corrected chi connectivity index (χ1v) is 9.90. The van der Waals surface area contributed by atoms with Crippen LogP contribution in [0.5, 0.6) is 0 Å². The molecule has 4 heteroatoms. The van der Waals surface area contributed by atoms with E-state index in [1.54, 1.807) is 6.08 Å². The Morgan fingerprint density at radius 1 is 0.917 bits per heavy atom. The predicted molar refractivity (Wildman–Crippen MR) is 97.5 cm³/mol. The van der Waals surface area contributed by atoms with Crippen LogP contribution in [0.2, 0.25) is 0 Å². The van der Waals surface area contributed by atoms with Crippen LogP contribution < -0.4 is 5.32 Å². The number of carbonyl (C=O) groups is 2. The summed E-state index contributed by atoms with van der Waals surface area (Å²) in [5, 5.41) is 2.68. The molecule has 1 heterocycles. The highest BCUT2D eigenvalue weighted by atomic mass is 16.6. The minimum atomic E-state index is -0.563. The van der Waals surface area contributed by atoms with Gasteiger partial charge < -0.3 is 10.1 Å². The lowest BCUT2D eigenvalue weighted by molar-refractivity contribution is -0.141. The molecule has 0 spiro atoms. The molecular formula is C20H35NO3. The third-order valence-electron chi connectivity index (χ3n) is 4.46. The molecule has 1 rings (SSSR count). The molecule has 0 radical (unpaired) electrons. The van der Waals surface area contributed by atoms with E-state index in [0.717, 1.165) is 12.8 Å². The Hall–Kier alpha value is -1.32. The SMILES string of the molecule is CCCCCCCCCCCCCCCC(=O)NC1C=CC(=O)O1. The molecule has 0 saturated carbocycles. The lowest BCUT2D eigenvalue weighted by atomic mass is 10.0. The summed E-state index contributed by atoms with van der Waals surface area (Å²) < 4.78 is 4.87. The van der Waals surface area contributed by atoms with Crippen LogP contribution in [0.15, 0.2) is 12.2 Å². The van der Waals surface area contributed by atoms with Gasteiger partial charge in [-0.05, 0) is 12.5 Å². The molecule has 1 N–H and O–H groups in total. The van der Waals surface area contributed by atoms with E-state index in [9.17, 15) is 9.59 Å². The van der Waals surface area contributed by atoms with Crippen molar-refractivity contribution in [3.8, 4) is 0 Å². The summed E-state index contributed by atoms with van der Waals surface area (Å²) in [7, 11) is 0. The van der Waals surface area contributed by atoms with E-state index in [0.29, 0.717) is 6.42 Å².